The summed E-state index contributed by atoms with van der Waals surface area (Å²) in [6.07, 6.45) is 0.304. The minimum Gasteiger partial charge on any atom is -0.354 e. The Kier molecular flexibility index (Phi) is 4.10. The lowest BCUT2D eigenvalue weighted by Crippen LogP contribution is -2.37. The van der Waals surface area contributed by atoms with E-state index in [-0.39, 0.29) is 17.4 Å². The summed E-state index contributed by atoms with van der Waals surface area (Å²) in [4.78, 5) is 37.7. The van der Waals surface area contributed by atoms with Crippen molar-refractivity contribution in [1.82, 2.24) is 20.4 Å². The molecule has 2 N–H and O–H groups in total. The van der Waals surface area contributed by atoms with Crippen molar-refractivity contribution < 1.29 is 9.59 Å². The SMILES string of the molecule is C[C@H](C(=O)N1CCNC(=O)CC1)c1n[nH]c(=O)c2ccccc12. The lowest BCUT2D eigenvalue weighted by atomic mass is 10.00. The fourth-order valence-corrected chi connectivity index (χ4v) is 2.84. The summed E-state index contributed by atoms with van der Waals surface area (Å²) in [5.74, 6) is -0.628. The molecule has 1 aromatic heterocycles. The molecule has 0 radical (unpaired) electrons. The number of hydrogen-bond donors (Lipinski definition) is 2. The predicted molar refractivity (Wildman–Crippen MR) is 85.0 cm³/mol. The zero-order valence-corrected chi connectivity index (χ0v) is 12.8. The monoisotopic (exact) mass is 314 g/mol. The van der Waals surface area contributed by atoms with Crippen LogP contribution in [0.2, 0.25) is 0 Å². The second-order valence-electron chi connectivity index (χ2n) is 5.63. The van der Waals surface area contributed by atoms with E-state index in [9.17, 15) is 14.4 Å². The Morgan fingerprint density at radius 1 is 1.22 bits per heavy atom. The molecule has 0 unspecified atom stereocenters. The first-order valence-corrected chi connectivity index (χ1v) is 7.60. The van der Waals surface area contributed by atoms with Gasteiger partial charge < -0.3 is 10.2 Å². The van der Waals surface area contributed by atoms with Gasteiger partial charge in [-0.3, -0.25) is 14.4 Å². The molecule has 3 rings (SSSR count). The van der Waals surface area contributed by atoms with Crippen molar-refractivity contribution in [3.63, 3.8) is 0 Å². The van der Waals surface area contributed by atoms with Gasteiger partial charge in [0, 0.05) is 31.4 Å². The molecule has 2 amide bonds. The first kappa shape index (κ1) is 15.2. The average Bonchev–Trinajstić information content (AvgIpc) is 2.79. The molecule has 1 fully saturated rings. The van der Waals surface area contributed by atoms with E-state index in [4.69, 9.17) is 0 Å². The van der Waals surface area contributed by atoms with Crippen molar-refractivity contribution in [2.24, 2.45) is 0 Å². The molecule has 2 heterocycles. The normalized spacial score (nSPS) is 16.7. The van der Waals surface area contributed by atoms with E-state index in [1.165, 1.54) is 0 Å². The number of aromatic nitrogens is 2. The van der Waals surface area contributed by atoms with Crippen molar-refractivity contribution in [3.05, 3.63) is 40.3 Å². The summed E-state index contributed by atoms with van der Waals surface area (Å²) >= 11 is 0. The smallest absolute Gasteiger partial charge is 0.272 e. The van der Waals surface area contributed by atoms with Crippen molar-refractivity contribution >= 4 is 22.6 Å². The molecule has 1 saturated heterocycles. The second kappa shape index (κ2) is 6.20. The summed E-state index contributed by atoms with van der Waals surface area (Å²) in [6.45, 7) is 3.11. The molecular formula is C16H18N4O3. The Morgan fingerprint density at radius 2 is 1.96 bits per heavy atom. The fraction of sp³-hybridized carbons (Fsp3) is 0.375. The topological polar surface area (TPSA) is 95.2 Å². The maximum absolute atomic E-state index is 12.7. The molecule has 0 spiro atoms. The van der Waals surface area contributed by atoms with Gasteiger partial charge in [-0.25, -0.2) is 5.10 Å². The lowest BCUT2D eigenvalue weighted by Gasteiger charge is -2.23. The molecule has 0 aliphatic carbocycles. The number of benzene rings is 1. The molecule has 120 valence electrons. The van der Waals surface area contributed by atoms with Crippen LogP contribution in [0, 0.1) is 0 Å². The van der Waals surface area contributed by atoms with Gasteiger partial charge in [0.25, 0.3) is 5.56 Å². The number of nitrogens with one attached hydrogen (secondary N) is 2. The first-order chi connectivity index (χ1) is 11.1. The van der Waals surface area contributed by atoms with Crippen molar-refractivity contribution in [1.29, 1.82) is 0 Å². The Morgan fingerprint density at radius 3 is 2.74 bits per heavy atom. The van der Waals surface area contributed by atoms with Crippen LogP contribution < -0.4 is 10.9 Å². The maximum atomic E-state index is 12.7. The lowest BCUT2D eigenvalue weighted by molar-refractivity contribution is -0.132. The molecule has 1 aromatic carbocycles. The van der Waals surface area contributed by atoms with Crippen LogP contribution in [0.1, 0.15) is 25.0 Å². The van der Waals surface area contributed by atoms with Gasteiger partial charge >= 0.3 is 0 Å². The average molecular weight is 314 g/mol. The highest BCUT2D eigenvalue weighted by molar-refractivity contribution is 5.91. The van der Waals surface area contributed by atoms with Gasteiger partial charge in [0.2, 0.25) is 11.8 Å². The van der Waals surface area contributed by atoms with Gasteiger partial charge in [0.1, 0.15) is 0 Å². The number of rotatable bonds is 2. The number of H-pyrrole nitrogens is 1. The summed E-state index contributed by atoms with van der Waals surface area (Å²) < 4.78 is 0. The fourth-order valence-electron chi connectivity index (χ4n) is 2.84. The van der Waals surface area contributed by atoms with Gasteiger partial charge in [-0.2, -0.15) is 5.10 Å². The number of amides is 2. The van der Waals surface area contributed by atoms with Crippen LogP contribution in [0.4, 0.5) is 0 Å². The van der Waals surface area contributed by atoms with E-state index in [2.05, 4.69) is 15.5 Å². The second-order valence-corrected chi connectivity index (χ2v) is 5.63. The summed E-state index contributed by atoms with van der Waals surface area (Å²) in [5, 5.41) is 10.5. The molecule has 1 aliphatic heterocycles. The minimum absolute atomic E-state index is 0.0411. The molecule has 7 heteroatoms. The third-order valence-electron chi connectivity index (χ3n) is 4.13. The molecule has 1 atom stereocenters. The molecule has 0 bridgehead atoms. The van der Waals surface area contributed by atoms with Gasteiger partial charge in [-0.1, -0.05) is 18.2 Å². The Balaban J connectivity index is 1.92. The quantitative estimate of drug-likeness (QED) is 0.837. The van der Waals surface area contributed by atoms with E-state index < -0.39 is 5.92 Å². The van der Waals surface area contributed by atoms with E-state index in [0.29, 0.717) is 42.5 Å². The van der Waals surface area contributed by atoms with Crippen LogP contribution in [0.25, 0.3) is 10.8 Å². The largest absolute Gasteiger partial charge is 0.354 e. The predicted octanol–water partition coefficient (Wildman–Crippen LogP) is 0.375. The zero-order chi connectivity index (χ0) is 16.4. The van der Waals surface area contributed by atoms with Crippen LogP contribution >= 0.6 is 0 Å². The van der Waals surface area contributed by atoms with E-state index in [0.717, 1.165) is 0 Å². The number of aromatic amines is 1. The standard InChI is InChI=1S/C16H18N4O3/c1-10(16(23)20-8-6-13(21)17-7-9-20)14-11-4-2-3-5-12(11)15(22)19-18-14/h2-5,10H,6-9H2,1H3,(H,17,21)(H,19,22)/t10-/m0/s1. The van der Waals surface area contributed by atoms with Crippen LogP contribution in [-0.2, 0) is 9.59 Å². The number of carbonyl (C=O) groups is 2. The molecular weight excluding hydrogens is 296 g/mol. The highest BCUT2D eigenvalue weighted by atomic mass is 16.2. The summed E-state index contributed by atoms with van der Waals surface area (Å²) in [7, 11) is 0. The third kappa shape index (κ3) is 2.94. The van der Waals surface area contributed by atoms with Crippen molar-refractivity contribution in [3.8, 4) is 0 Å². The van der Waals surface area contributed by atoms with Gasteiger partial charge in [0.15, 0.2) is 0 Å². The van der Waals surface area contributed by atoms with Crippen LogP contribution in [-0.4, -0.2) is 46.5 Å². The molecule has 0 saturated carbocycles. The van der Waals surface area contributed by atoms with Crippen molar-refractivity contribution in [2.45, 2.75) is 19.3 Å². The maximum Gasteiger partial charge on any atom is 0.272 e. The number of carbonyl (C=O) groups excluding carboxylic acids is 2. The summed E-state index contributed by atoms with van der Waals surface area (Å²) in [5.41, 5.74) is 0.280. The van der Waals surface area contributed by atoms with E-state index in [1.807, 2.05) is 6.07 Å². The summed E-state index contributed by atoms with van der Waals surface area (Å²) in [6, 6.07) is 7.11. The first-order valence-electron chi connectivity index (χ1n) is 7.60. The zero-order valence-electron chi connectivity index (χ0n) is 12.8. The Bertz CT molecular complexity index is 814. The van der Waals surface area contributed by atoms with Crippen LogP contribution in [0.5, 0.6) is 0 Å². The van der Waals surface area contributed by atoms with Gasteiger partial charge in [-0.15, -0.1) is 0 Å². The molecule has 7 nitrogen and oxygen atoms in total. The highest BCUT2D eigenvalue weighted by Gasteiger charge is 2.26. The molecule has 23 heavy (non-hydrogen) atoms. The number of nitrogens with zero attached hydrogens (tertiary/aromatic N) is 2. The van der Waals surface area contributed by atoms with Crippen LogP contribution in [0.3, 0.4) is 0 Å². The van der Waals surface area contributed by atoms with Gasteiger partial charge in [-0.05, 0) is 13.0 Å². The highest BCUT2D eigenvalue weighted by Crippen LogP contribution is 2.22. The number of hydrogen-bond acceptors (Lipinski definition) is 4. The Labute approximate surface area is 132 Å². The Hall–Kier alpha value is -2.70. The van der Waals surface area contributed by atoms with Crippen molar-refractivity contribution in [2.75, 3.05) is 19.6 Å². The van der Waals surface area contributed by atoms with E-state index in [1.54, 1.807) is 30.0 Å². The molecule has 2 aromatic rings. The van der Waals surface area contributed by atoms with E-state index >= 15 is 0 Å². The third-order valence-corrected chi connectivity index (χ3v) is 4.13. The van der Waals surface area contributed by atoms with Crippen LogP contribution in [0.15, 0.2) is 29.1 Å². The number of fused-ring (bicyclic) bond motifs is 1. The molecule has 1 aliphatic rings. The minimum atomic E-state index is -0.495. The van der Waals surface area contributed by atoms with Gasteiger partial charge in [0.05, 0.1) is 17.0 Å².